The average Bonchev–Trinajstić information content (AvgIpc) is 1.98. The van der Waals surface area contributed by atoms with Gasteiger partial charge in [-0.25, -0.2) is 0 Å². The lowest BCUT2D eigenvalue weighted by Gasteiger charge is -2.31. The minimum Gasteiger partial charge on any atom is -0.399 e. The Bertz CT molecular complexity index is 216. The van der Waals surface area contributed by atoms with Crippen LogP contribution in [0.3, 0.4) is 0 Å². The van der Waals surface area contributed by atoms with Gasteiger partial charge in [0.05, 0.1) is 0 Å². The van der Waals surface area contributed by atoms with Crippen LogP contribution in [-0.4, -0.2) is 12.1 Å². The third-order valence-electron chi connectivity index (χ3n) is 2.31. The third-order valence-corrected chi connectivity index (χ3v) is 2.31. The Labute approximate surface area is 73.3 Å². The van der Waals surface area contributed by atoms with Crippen LogP contribution >= 0.6 is 0 Å². The molecule has 0 aromatic carbocycles. The zero-order valence-corrected chi connectivity index (χ0v) is 7.46. The second-order valence-electron chi connectivity index (χ2n) is 3.55. The summed E-state index contributed by atoms with van der Waals surface area (Å²) >= 11 is 0. The molecule has 2 atom stereocenters. The Morgan fingerprint density at radius 1 is 1.58 bits per heavy atom. The molecule has 0 radical (unpaired) electrons. The normalized spacial score (nSPS) is 34.9. The lowest BCUT2D eigenvalue weighted by atomic mass is 9.80. The van der Waals surface area contributed by atoms with Gasteiger partial charge >= 0.3 is 0 Å². The molecule has 6 N–H and O–H groups in total. The van der Waals surface area contributed by atoms with Gasteiger partial charge in [-0.15, -0.1) is 0 Å². The van der Waals surface area contributed by atoms with E-state index in [2.05, 4.69) is 0 Å². The van der Waals surface area contributed by atoms with Crippen LogP contribution in [0.5, 0.6) is 0 Å². The summed E-state index contributed by atoms with van der Waals surface area (Å²) < 4.78 is 0. The number of hydrogen-bond donors (Lipinski definition) is 3. The minimum absolute atomic E-state index is 0.271. The summed E-state index contributed by atoms with van der Waals surface area (Å²) in [6.45, 7) is 2.64. The van der Waals surface area contributed by atoms with Gasteiger partial charge in [-0.3, -0.25) is 0 Å². The van der Waals surface area contributed by atoms with E-state index in [1.54, 1.807) is 0 Å². The Morgan fingerprint density at radius 2 is 2.25 bits per heavy atom. The number of rotatable bonds is 2. The van der Waals surface area contributed by atoms with Crippen molar-refractivity contribution in [3.63, 3.8) is 0 Å². The molecule has 12 heavy (non-hydrogen) atoms. The van der Waals surface area contributed by atoms with E-state index in [-0.39, 0.29) is 11.5 Å². The first-order chi connectivity index (χ1) is 5.56. The van der Waals surface area contributed by atoms with Crippen LogP contribution in [0.1, 0.15) is 13.3 Å². The molecule has 0 aromatic heterocycles. The highest BCUT2D eigenvalue weighted by molar-refractivity contribution is 5.28. The standard InChI is InChI=1S/C9H17N3/c1-9(12)4-2-8(11)6-7(9)3-5-10/h2,4,6-7H,3,5,10-12H2,1H3. The van der Waals surface area contributed by atoms with Gasteiger partial charge in [0.1, 0.15) is 0 Å². The van der Waals surface area contributed by atoms with E-state index in [4.69, 9.17) is 17.2 Å². The van der Waals surface area contributed by atoms with Gasteiger partial charge in [-0.1, -0.05) is 12.2 Å². The van der Waals surface area contributed by atoms with Crippen molar-refractivity contribution in [2.75, 3.05) is 6.54 Å². The number of hydrogen-bond acceptors (Lipinski definition) is 3. The zero-order valence-electron chi connectivity index (χ0n) is 7.46. The maximum atomic E-state index is 6.03. The highest BCUT2D eigenvalue weighted by atomic mass is 14.7. The summed E-state index contributed by atoms with van der Waals surface area (Å²) in [5, 5.41) is 0. The van der Waals surface area contributed by atoms with E-state index in [0.717, 1.165) is 12.1 Å². The number of allylic oxidation sites excluding steroid dienone is 1. The quantitative estimate of drug-likeness (QED) is 0.545. The van der Waals surface area contributed by atoms with E-state index >= 15 is 0 Å². The molecule has 0 aliphatic heterocycles. The second kappa shape index (κ2) is 3.29. The SMILES string of the molecule is CC1(N)C=CC(N)=CC1CCN. The monoisotopic (exact) mass is 167 g/mol. The Hall–Kier alpha value is -0.800. The van der Waals surface area contributed by atoms with Crippen molar-refractivity contribution in [2.24, 2.45) is 23.1 Å². The van der Waals surface area contributed by atoms with Crippen LogP contribution in [0.4, 0.5) is 0 Å². The van der Waals surface area contributed by atoms with Crippen LogP contribution in [0, 0.1) is 5.92 Å². The fourth-order valence-corrected chi connectivity index (χ4v) is 1.44. The average molecular weight is 167 g/mol. The summed E-state index contributed by atoms with van der Waals surface area (Å²) in [6.07, 6.45) is 6.68. The van der Waals surface area contributed by atoms with Crippen LogP contribution in [0.25, 0.3) is 0 Å². The summed E-state index contributed by atoms with van der Waals surface area (Å²) in [5.74, 6) is 0.271. The largest absolute Gasteiger partial charge is 0.399 e. The van der Waals surface area contributed by atoms with E-state index in [1.165, 1.54) is 0 Å². The van der Waals surface area contributed by atoms with Crippen molar-refractivity contribution in [3.8, 4) is 0 Å². The minimum atomic E-state index is -0.289. The summed E-state index contributed by atoms with van der Waals surface area (Å²) in [7, 11) is 0. The van der Waals surface area contributed by atoms with Crippen molar-refractivity contribution in [2.45, 2.75) is 18.9 Å². The lowest BCUT2D eigenvalue weighted by Crippen LogP contribution is -2.44. The number of nitrogens with two attached hydrogens (primary N) is 3. The van der Waals surface area contributed by atoms with Gasteiger partial charge in [-0.2, -0.15) is 0 Å². The predicted octanol–water partition coefficient (Wildman–Crippen LogP) is 0.0812. The molecule has 3 heteroatoms. The van der Waals surface area contributed by atoms with Crippen molar-refractivity contribution in [1.29, 1.82) is 0 Å². The van der Waals surface area contributed by atoms with Gasteiger partial charge in [-0.05, 0) is 26.0 Å². The molecular weight excluding hydrogens is 150 g/mol. The van der Waals surface area contributed by atoms with E-state index in [9.17, 15) is 0 Å². The molecule has 68 valence electrons. The topological polar surface area (TPSA) is 78.1 Å². The third kappa shape index (κ3) is 1.87. The first-order valence-electron chi connectivity index (χ1n) is 4.22. The summed E-state index contributed by atoms with van der Waals surface area (Å²) in [6, 6.07) is 0. The summed E-state index contributed by atoms with van der Waals surface area (Å²) in [4.78, 5) is 0. The van der Waals surface area contributed by atoms with Crippen molar-refractivity contribution < 1.29 is 0 Å². The molecule has 0 amide bonds. The lowest BCUT2D eigenvalue weighted by molar-refractivity contribution is 0.402. The molecule has 0 aromatic rings. The maximum absolute atomic E-state index is 6.03. The Balaban J connectivity index is 2.75. The predicted molar refractivity (Wildman–Crippen MR) is 51.2 cm³/mol. The smallest absolute Gasteiger partial charge is 0.0379 e. The summed E-state index contributed by atoms with van der Waals surface area (Å²) in [5.41, 5.74) is 17.7. The molecular formula is C9H17N3. The van der Waals surface area contributed by atoms with Crippen LogP contribution in [0.15, 0.2) is 23.9 Å². The van der Waals surface area contributed by atoms with E-state index in [1.807, 2.05) is 25.2 Å². The van der Waals surface area contributed by atoms with Crippen LogP contribution in [0.2, 0.25) is 0 Å². The highest BCUT2D eigenvalue weighted by Crippen LogP contribution is 2.25. The first-order valence-corrected chi connectivity index (χ1v) is 4.22. The van der Waals surface area contributed by atoms with Gasteiger partial charge in [0, 0.05) is 17.2 Å². The van der Waals surface area contributed by atoms with Gasteiger partial charge in [0.15, 0.2) is 0 Å². The van der Waals surface area contributed by atoms with Gasteiger partial charge in [0.2, 0.25) is 0 Å². The molecule has 1 rings (SSSR count). The van der Waals surface area contributed by atoms with Crippen molar-refractivity contribution >= 4 is 0 Å². The maximum Gasteiger partial charge on any atom is 0.0379 e. The Morgan fingerprint density at radius 3 is 2.83 bits per heavy atom. The van der Waals surface area contributed by atoms with Crippen LogP contribution in [-0.2, 0) is 0 Å². The molecule has 0 saturated carbocycles. The Kier molecular flexibility index (Phi) is 2.55. The molecule has 0 heterocycles. The first kappa shape index (κ1) is 9.29. The van der Waals surface area contributed by atoms with Crippen LogP contribution < -0.4 is 17.2 Å². The molecule has 0 bridgehead atoms. The molecule has 1 aliphatic carbocycles. The molecule has 0 spiro atoms. The van der Waals surface area contributed by atoms with Crippen molar-refractivity contribution in [3.05, 3.63) is 23.9 Å². The highest BCUT2D eigenvalue weighted by Gasteiger charge is 2.27. The van der Waals surface area contributed by atoms with Gasteiger partial charge in [0.25, 0.3) is 0 Å². The molecule has 2 unspecified atom stereocenters. The molecule has 1 aliphatic rings. The molecule has 3 nitrogen and oxygen atoms in total. The van der Waals surface area contributed by atoms with E-state index < -0.39 is 0 Å². The van der Waals surface area contributed by atoms with Crippen molar-refractivity contribution in [1.82, 2.24) is 0 Å². The molecule has 0 saturated heterocycles. The van der Waals surface area contributed by atoms with Gasteiger partial charge < -0.3 is 17.2 Å². The zero-order chi connectivity index (χ0) is 9.19. The fourth-order valence-electron chi connectivity index (χ4n) is 1.44. The molecule has 0 fully saturated rings. The fraction of sp³-hybridized carbons (Fsp3) is 0.556. The second-order valence-corrected chi connectivity index (χ2v) is 3.55. The van der Waals surface area contributed by atoms with E-state index in [0.29, 0.717) is 6.54 Å².